The van der Waals surface area contributed by atoms with Crippen LogP contribution in [0.3, 0.4) is 0 Å². The first-order valence-corrected chi connectivity index (χ1v) is 5.65. The third-order valence-electron chi connectivity index (χ3n) is 2.29. The van der Waals surface area contributed by atoms with Crippen molar-refractivity contribution in [1.29, 1.82) is 0 Å². The van der Waals surface area contributed by atoms with E-state index in [0.717, 1.165) is 11.3 Å². The number of ether oxygens (including phenoxy) is 2. The molecule has 1 aliphatic rings. The molecule has 92 valence electrons. The summed E-state index contributed by atoms with van der Waals surface area (Å²) in [6.07, 6.45) is 5.15. The van der Waals surface area contributed by atoms with Crippen LogP contribution in [0.5, 0.6) is 5.75 Å². The Hall–Kier alpha value is -2.14. The fraction of sp³-hybridized carbons (Fsp3) is 0.0769. The number of rotatable bonds is 3. The van der Waals surface area contributed by atoms with Crippen LogP contribution < -0.4 is 10.1 Å². The lowest BCUT2D eigenvalue weighted by Crippen LogP contribution is -2.18. The number of benzene rings is 1. The van der Waals surface area contributed by atoms with Gasteiger partial charge in [0.25, 0.3) is 11.1 Å². The molecule has 1 heterocycles. The van der Waals surface area contributed by atoms with E-state index in [-0.39, 0.29) is 16.8 Å². The quantitative estimate of drug-likeness (QED) is 0.668. The second-order valence-electron chi connectivity index (χ2n) is 3.51. The maximum Gasteiger partial charge on any atom is 0.294 e. The lowest BCUT2D eigenvalue weighted by molar-refractivity contribution is -0.116. The summed E-state index contributed by atoms with van der Waals surface area (Å²) in [6.45, 7) is 0. The van der Waals surface area contributed by atoms with Crippen LogP contribution in [0, 0.1) is 0 Å². The van der Waals surface area contributed by atoms with Gasteiger partial charge in [0.05, 0.1) is 7.11 Å². The van der Waals surface area contributed by atoms with Crippen molar-refractivity contribution in [2.24, 2.45) is 0 Å². The number of carbonyl (C=O) groups is 1. The molecule has 1 N–H and O–H groups in total. The van der Waals surface area contributed by atoms with Crippen molar-refractivity contribution < 1.29 is 14.3 Å². The fourth-order valence-corrected chi connectivity index (χ4v) is 1.58. The number of thiocarbonyl (C=S) groups is 1. The third kappa shape index (κ3) is 2.95. The highest BCUT2D eigenvalue weighted by atomic mass is 32.1. The van der Waals surface area contributed by atoms with Crippen LogP contribution >= 0.6 is 12.2 Å². The molecule has 4 nitrogen and oxygen atoms in total. The van der Waals surface area contributed by atoms with E-state index in [4.69, 9.17) is 21.7 Å². The molecule has 1 aromatic carbocycles. The summed E-state index contributed by atoms with van der Waals surface area (Å²) in [7, 11) is 1.62. The van der Waals surface area contributed by atoms with Crippen molar-refractivity contribution >= 4 is 29.4 Å². The number of nitrogens with one attached hydrogen (secondary N) is 1. The molecule has 0 aliphatic carbocycles. The molecule has 0 aromatic heterocycles. The molecule has 2 rings (SSSR count). The van der Waals surface area contributed by atoms with Gasteiger partial charge in [-0.05, 0) is 36.0 Å². The summed E-state index contributed by atoms with van der Waals surface area (Å²) in [5.41, 5.74) is 0.994. The third-order valence-corrected chi connectivity index (χ3v) is 2.48. The van der Waals surface area contributed by atoms with Crippen molar-refractivity contribution in [2.45, 2.75) is 0 Å². The van der Waals surface area contributed by atoms with Crippen molar-refractivity contribution in [3.63, 3.8) is 0 Å². The number of hydrogen-bond acceptors (Lipinski definition) is 4. The molecule has 18 heavy (non-hydrogen) atoms. The summed E-state index contributed by atoms with van der Waals surface area (Å²) >= 11 is 4.71. The Morgan fingerprint density at radius 1 is 1.33 bits per heavy atom. The first-order chi connectivity index (χ1) is 8.69. The summed E-state index contributed by atoms with van der Waals surface area (Å²) in [5.74, 6) is 0.679. The van der Waals surface area contributed by atoms with Crippen LogP contribution in [0.1, 0.15) is 5.56 Å². The van der Waals surface area contributed by atoms with Crippen molar-refractivity contribution in [1.82, 2.24) is 5.32 Å². The average Bonchev–Trinajstić information content (AvgIpc) is 2.69. The molecule has 1 amide bonds. The summed E-state index contributed by atoms with van der Waals surface area (Å²) in [4.78, 5) is 11.3. The molecule has 0 saturated carbocycles. The molecular weight excluding hydrogens is 250 g/mol. The van der Waals surface area contributed by atoms with Crippen LogP contribution in [-0.2, 0) is 9.53 Å². The number of allylic oxidation sites excluding steroid dienone is 2. The maximum absolute atomic E-state index is 11.3. The van der Waals surface area contributed by atoms with E-state index in [0.29, 0.717) is 0 Å². The van der Waals surface area contributed by atoms with Gasteiger partial charge in [-0.15, -0.1) is 0 Å². The van der Waals surface area contributed by atoms with E-state index in [1.807, 2.05) is 30.3 Å². The molecule has 0 atom stereocenters. The van der Waals surface area contributed by atoms with Crippen LogP contribution in [0.2, 0.25) is 0 Å². The Labute approximate surface area is 110 Å². The molecule has 1 saturated heterocycles. The predicted octanol–water partition coefficient (Wildman–Crippen LogP) is 2.02. The zero-order chi connectivity index (χ0) is 13.0. The highest BCUT2D eigenvalue weighted by Crippen LogP contribution is 2.13. The molecule has 0 unspecified atom stereocenters. The minimum absolute atomic E-state index is 0.0871. The van der Waals surface area contributed by atoms with Crippen molar-refractivity contribution in [2.75, 3.05) is 7.11 Å². The Bertz CT molecular complexity index is 532. The minimum Gasteiger partial charge on any atom is -0.497 e. The maximum atomic E-state index is 11.3. The van der Waals surface area contributed by atoms with E-state index in [1.165, 1.54) is 0 Å². The van der Waals surface area contributed by atoms with Gasteiger partial charge in [0, 0.05) is 0 Å². The van der Waals surface area contributed by atoms with Gasteiger partial charge in [0.15, 0.2) is 5.76 Å². The Balaban J connectivity index is 2.04. The summed E-state index contributed by atoms with van der Waals surface area (Å²) < 4.78 is 10.1. The second kappa shape index (κ2) is 5.46. The molecule has 0 radical (unpaired) electrons. The van der Waals surface area contributed by atoms with Gasteiger partial charge >= 0.3 is 0 Å². The largest absolute Gasteiger partial charge is 0.497 e. The minimum atomic E-state index is -0.320. The van der Waals surface area contributed by atoms with Crippen molar-refractivity contribution in [3.05, 3.63) is 47.7 Å². The summed E-state index contributed by atoms with van der Waals surface area (Å²) in [5, 5.41) is 2.47. The van der Waals surface area contributed by atoms with Gasteiger partial charge in [-0.1, -0.05) is 24.3 Å². The van der Waals surface area contributed by atoms with Crippen LogP contribution in [0.15, 0.2) is 42.2 Å². The van der Waals surface area contributed by atoms with E-state index < -0.39 is 0 Å². The topological polar surface area (TPSA) is 47.6 Å². The van der Waals surface area contributed by atoms with Crippen molar-refractivity contribution in [3.8, 4) is 5.75 Å². The van der Waals surface area contributed by atoms with Gasteiger partial charge in [0.2, 0.25) is 0 Å². The number of methoxy groups -OCH3 is 1. The first-order valence-electron chi connectivity index (χ1n) is 5.24. The monoisotopic (exact) mass is 261 g/mol. The molecule has 0 bridgehead atoms. The smallest absolute Gasteiger partial charge is 0.294 e. The normalized spacial score (nSPS) is 17.1. The van der Waals surface area contributed by atoms with Gasteiger partial charge in [-0.3, -0.25) is 10.1 Å². The lowest BCUT2D eigenvalue weighted by atomic mass is 10.2. The fourth-order valence-electron chi connectivity index (χ4n) is 1.40. The van der Waals surface area contributed by atoms with Crippen LogP contribution in [0.4, 0.5) is 0 Å². The zero-order valence-electron chi connectivity index (χ0n) is 9.67. The standard InChI is InChI=1S/C13H11NO3S/c1-16-10-7-5-9(6-8-10)3-2-4-11-12(15)14-13(18)17-11/h2-8H,1H3,(H,14,15,18). The number of hydrogen-bond donors (Lipinski definition) is 1. The molecule has 1 aromatic rings. The Morgan fingerprint density at radius 3 is 2.61 bits per heavy atom. The molecule has 5 heteroatoms. The van der Waals surface area contributed by atoms with E-state index in [2.05, 4.69) is 5.32 Å². The van der Waals surface area contributed by atoms with Crippen LogP contribution in [-0.4, -0.2) is 18.2 Å². The van der Waals surface area contributed by atoms with Crippen LogP contribution in [0.25, 0.3) is 6.08 Å². The number of amides is 1. The van der Waals surface area contributed by atoms with E-state index in [9.17, 15) is 4.79 Å². The molecule has 1 aliphatic heterocycles. The molecular formula is C13H11NO3S. The Kier molecular flexibility index (Phi) is 3.74. The highest BCUT2D eigenvalue weighted by molar-refractivity contribution is 7.80. The Morgan fingerprint density at radius 2 is 2.06 bits per heavy atom. The molecule has 1 fully saturated rings. The summed E-state index contributed by atoms with van der Waals surface area (Å²) in [6, 6.07) is 7.55. The van der Waals surface area contributed by atoms with E-state index in [1.54, 1.807) is 19.3 Å². The van der Waals surface area contributed by atoms with Gasteiger partial charge in [-0.25, -0.2) is 0 Å². The predicted molar refractivity (Wildman–Crippen MR) is 71.9 cm³/mol. The van der Waals surface area contributed by atoms with Gasteiger partial charge in [-0.2, -0.15) is 0 Å². The lowest BCUT2D eigenvalue weighted by Gasteiger charge is -1.98. The van der Waals surface area contributed by atoms with Gasteiger partial charge in [0.1, 0.15) is 5.75 Å². The average molecular weight is 261 g/mol. The SMILES string of the molecule is COc1ccc(C=CC=C2OC(=S)NC2=O)cc1. The highest BCUT2D eigenvalue weighted by Gasteiger charge is 2.21. The van der Waals surface area contributed by atoms with Gasteiger partial charge < -0.3 is 9.47 Å². The first kappa shape index (κ1) is 12.3. The van der Waals surface area contributed by atoms with E-state index >= 15 is 0 Å². The zero-order valence-corrected chi connectivity index (χ0v) is 10.5. The second-order valence-corrected chi connectivity index (χ2v) is 3.88. The molecule has 0 spiro atoms. The number of carbonyl (C=O) groups excluding carboxylic acids is 1.